The molecule has 0 bridgehead atoms. The van der Waals surface area contributed by atoms with E-state index in [0.29, 0.717) is 18.0 Å². The lowest BCUT2D eigenvalue weighted by atomic mass is 10.1. The molecule has 0 saturated carbocycles. The Morgan fingerprint density at radius 2 is 1.69 bits per heavy atom. The van der Waals surface area contributed by atoms with E-state index in [-0.39, 0.29) is 5.82 Å². The highest BCUT2D eigenvalue weighted by Crippen LogP contribution is 2.22. The number of nitrogens with one attached hydrogen (secondary N) is 1. The molecule has 5 heteroatoms. The summed E-state index contributed by atoms with van der Waals surface area (Å²) in [5.41, 5.74) is 7.30. The largest absolute Gasteiger partial charge is 0.457 e. The molecule has 132 valence electrons. The van der Waals surface area contributed by atoms with E-state index in [1.165, 1.54) is 12.1 Å². The van der Waals surface area contributed by atoms with Crippen molar-refractivity contribution in [3.63, 3.8) is 0 Å². The van der Waals surface area contributed by atoms with Crippen LogP contribution in [0.2, 0.25) is 0 Å². The number of benzene rings is 3. The number of nitrogens with two attached hydrogens (primary N) is 1. The Bertz CT molecular complexity index is 867. The van der Waals surface area contributed by atoms with Crippen LogP contribution >= 0.6 is 0 Å². The van der Waals surface area contributed by atoms with Crippen molar-refractivity contribution in [2.45, 2.75) is 12.6 Å². The summed E-state index contributed by atoms with van der Waals surface area (Å²) in [6.07, 6.45) is 0. The number of hydrogen-bond donors (Lipinski definition) is 2. The van der Waals surface area contributed by atoms with Gasteiger partial charge in [-0.2, -0.15) is 0 Å². The van der Waals surface area contributed by atoms with Crippen LogP contribution in [0.1, 0.15) is 17.2 Å². The molecule has 0 heterocycles. The highest BCUT2D eigenvalue weighted by Gasteiger charge is 2.16. The lowest BCUT2D eigenvalue weighted by molar-refractivity contribution is -0.120. The molecule has 1 atom stereocenters. The fourth-order valence-electron chi connectivity index (χ4n) is 2.59. The summed E-state index contributed by atoms with van der Waals surface area (Å²) in [6.45, 7) is 0.475. The number of halogens is 1. The molecule has 0 aliphatic heterocycles. The minimum Gasteiger partial charge on any atom is -0.457 e. The molecule has 3 rings (SSSR count). The summed E-state index contributed by atoms with van der Waals surface area (Å²) in [6, 6.07) is 22.1. The molecule has 0 unspecified atom stereocenters. The Hall–Kier alpha value is -3.18. The van der Waals surface area contributed by atoms with Crippen LogP contribution in [0.3, 0.4) is 0 Å². The third kappa shape index (κ3) is 4.68. The van der Waals surface area contributed by atoms with Gasteiger partial charge in [0.15, 0.2) is 0 Å². The molecular formula is C21H19FN2O2. The number of primary amides is 1. The minimum absolute atomic E-state index is 0.346. The van der Waals surface area contributed by atoms with Gasteiger partial charge in [0.1, 0.15) is 23.4 Å². The first kappa shape index (κ1) is 17.6. The molecule has 0 fully saturated rings. The maximum Gasteiger partial charge on any atom is 0.239 e. The van der Waals surface area contributed by atoms with Gasteiger partial charge in [0.05, 0.1) is 0 Å². The van der Waals surface area contributed by atoms with Gasteiger partial charge in [-0.05, 0) is 35.4 Å². The second-order valence-corrected chi connectivity index (χ2v) is 5.83. The van der Waals surface area contributed by atoms with Crippen LogP contribution in [0, 0.1) is 5.82 Å². The van der Waals surface area contributed by atoms with Gasteiger partial charge in [0.25, 0.3) is 0 Å². The van der Waals surface area contributed by atoms with Crippen molar-refractivity contribution in [3.8, 4) is 11.5 Å². The number of rotatable bonds is 7. The average molecular weight is 350 g/mol. The standard InChI is InChI=1S/C21H19FN2O2/c22-17-7-4-8-19(13-17)26-18-11-9-15(10-12-18)14-24-20(21(23)25)16-5-2-1-3-6-16/h1-13,20,24H,14H2,(H2,23,25)/t20-/m1/s1. The van der Waals surface area contributed by atoms with Crippen LogP contribution in [-0.2, 0) is 11.3 Å². The van der Waals surface area contributed by atoms with Gasteiger partial charge >= 0.3 is 0 Å². The molecular weight excluding hydrogens is 331 g/mol. The van der Waals surface area contributed by atoms with E-state index >= 15 is 0 Å². The Morgan fingerprint density at radius 1 is 0.962 bits per heavy atom. The third-order valence-electron chi connectivity index (χ3n) is 3.88. The first-order valence-electron chi connectivity index (χ1n) is 8.22. The highest BCUT2D eigenvalue weighted by atomic mass is 19.1. The molecule has 0 aliphatic carbocycles. The second-order valence-electron chi connectivity index (χ2n) is 5.83. The van der Waals surface area contributed by atoms with Gasteiger partial charge in [-0.15, -0.1) is 0 Å². The maximum atomic E-state index is 13.2. The Morgan fingerprint density at radius 3 is 2.35 bits per heavy atom. The molecule has 3 aromatic rings. The molecule has 0 spiro atoms. The van der Waals surface area contributed by atoms with E-state index in [2.05, 4.69) is 5.32 Å². The topological polar surface area (TPSA) is 64.4 Å². The monoisotopic (exact) mass is 350 g/mol. The van der Waals surface area contributed by atoms with Crippen LogP contribution in [0.25, 0.3) is 0 Å². The molecule has 0 aliphatic rings. The maximum absolute atomic E-state index is 13.2. The van der Waals surface area contributed by atoms with Crippen LogP contribution in [0.5, 0.6) is 11.5 Å². The first-order chi connectivity index (χ1) is 12.6. The van der Waals surface area contributed by atoms with E-state index in [9.17, 15) is 9.18 Å². The number of amides is 1. The summed E-state index contributed by atoms with van der Waals surface area (Å²) < 4.78 is 18.8. The molecule has 3 N–H and O–H groups in total. The Balaban J connectivity index is 1.62. The number of carbonyl (C=O) groups excluding carboxylic acids is 1. The fourth-order valence-corrected chi connectivity index (χ4v) is 2.59. The van der Waals surface area contributed by atoms with E-state index < -0.39 is 11.9 Å². The van der Waals surface area contributed by atoms with E-state index in [1.54, 1.807) is 24.3 Å². The van der Waals surface area contributed by atoms with Crippen molar-refractivity contribution in [1.82, 2.24) is 5.32 Å². The second kappa shape index (κ2) is 8.27. The predicted molar refractivity (Wildman–Crippen MR) is 98.1 cm³/mol. The Kier molecular flexibility index (Phi) is 5.61. The van der Waals surface area contributed by atoms with Crippen molar-refractivity contribution >= 4 is 5.91 Å². The van der Waals surface area contributed by atoms with Crippen LogP contribution in [0.4, 0.5) is 4.39 Å². The van der Waals surface area contributed by atoms with Crippen molar-refractivity contribution in [3.05, 3.63) is 95.8 Å². The number of ether oxygens (including phenoxy) is 1. The molecule has 3 aromatic carbocycles. The average Bonchev–Trinajstić information content (AvgIpc) is 2.64. The fraction of sp³-hybridized carbons (Fsp3) is 0.0952. The van der Waals surface area contributed by atoms with Crippen molar-refractivity contribution in [2.75, 3.05) is 0 Å². The first-order valence-corrected chi connectivity index (χ1v) is 8.22. The lowest BCUT2D eigenvalue weighted by Gasteiger charge is -2.16. The van der Waals surface area contributed by atoms with Gasteiger partial charge in [-0.1, -0.05) is 48.5 Å². The Labute approximate surface area is 151 Å². The van der Waals surface area contributed by atoms with Gasteiger partial charge in [0, 0.05) is 12.6 Å². The molecule has 0 aromatic heterocycles. The SMILES string of the molecule is NC(=O)[C@H](NCc1ccc(Oc2cccc(F)c2)cc1)c1ccccc1. The smallest absolute Gasteiger partial charge is 0.239 e. The van der Waals surface area contributed by atoms with E-state index in [4.69, 9.17) is 10.5 Å². The predicted octanol–water partition coefficient (Wildman–Crippen LogP) is 3.93. The molecule has 0 radical (unpaired) electrons. The summed E-state index contributed by atoms with van der Waals surface area (Å²) in [4.78, 5) is 11.7. The third-order valence-corrected chi connectivity index (χ3v) is 3.88. The minimum atomic E-state index is -0.556. The summed E-state index contributed by atoms with van der Waals surface area (Å²) in [5.74, 6) is 0.270. The summed E-state index contributed by atoms with van der Waals surface area (Å²) in [5, 5.41) is 3.16. The van der Waals surface area contributed by atoms with Gasteiger partial charge in [-0.25, -0.2) is 4.39 Å². The zero-order chi connectivity index (χ0) is 18.4. The van der Waals surface area contributed by atoms with Gasteiger partial charge in [0.2, 0.25) is 5.91 Å². The molecule has 4 nitrogen and oxygen atoms in total. The van der Waals surface area contributed by atoms with Crippen molar-refractivity contribution in [1.29, 1.82) is 0 Å². The lowest BCUT2D eigenvalue weighted by Crippen LogP contribution is -2.33. The zero-order valence-electron chi connectivity index (χ0n) is 14.1. The van der Waals surface area contributed by atoms with Crippen LogP contribution in [0.15, 0.2) is 78.9 Å². The molecule has 0 saturated heterocycles. The zero-order valence-corrected chi connectivity index (χ0v) is 14.1. The molecule has 1 amide bonds. The van der Waals surface area contributed by atoms with E-state index in [0.717, 1.165) is 11.1 Å². The van der Waals surface area contributed by atoms with Gasteiger partial charge < -0.3 is 10.5 Å². The van der Waals surface area contributed by atoms with Crippen LogP contribution < -0.4 is 15.8 Å². The van der Waals surface area contributed by atoms with Crippen LogP contribution in [-0.4, -0.2) is 5.91 Å². The van der Waals surface area contributed by atoms with Crippen molar-refractivity contribution in [2.24, 2.45) is 5.73 Å². The van der Waals surface area contributed by atoms with Crippen molar-refractivity contribution < 1.29 is 13.9 Å². The number of hydrogen-bond acceptors (Lipinski definition) is 3. The summed E-state index contributed by atoms with van der Waals surface area (Å²) >= 11 is 0. The quantitative estimate of drug-likeness (QED) is 0.678. The normalized spacial score (nSPS) is 11.7. The number of carbonyl (C=O) groups is 1. The highest BCUT2D eigenvalue weighted by molar-refractivity contribution is 5.81. The summed E-state index contributed by atoms with van der Waals surface area (Å²) in [7, 11) is 0. The molecule has 26 heavy (non-hydrogen) atoms. The van der Waals surface area contributed by atoms with E-state index in [1.807, 2.05) is 42.5 Å². The van der Waals surface area contributed by atoms with Gasteiger partial charge in [-0.3, -0.25) is 10.1 Å².